The number of nitrogens with two attached hydrogens (primary N) is 1. The number of anilines is 2. The molecule has 0 aromatic heterocycles. The van der Waals surface area contributed by atoms with Crippen LogP contribution in [0.4, 0.5) is 11.4 Å². The number of carbonyl (C=O) groups is 1. The minimum Gasteiger partial charge on any atom is -0.399 e. The van der Waals surface area contributed by atoms with Crippen molar-refractivity contribution >= 4 is 28.9 Å². The summed E-state index contributed by atoms with van der Waals surface area (Å²) in [6, 6.07) is 5.14. The third-order valence-electron chi connectivity index (χ3n) is 3.87. The topological polar surface area (TPSA) is 55.1 Å². The van der Waals surface area contributed by atoms with Gasteiger partial charge in [-0.15, -0.1) is 0 Å². The smallest absolute Gasteiger partial charge is 0.228 e. The molecule has 1 aromatic rings. The molecule has 3 atom stereocenters. The van der Waals surface area contributed by atoms with Crippen LogP contribution in [-0.2, 0) is 4.79 Å². The second kappa shape index (κ2) is 4.32. The van der Waals surface area contributed by atoms with E-state index >= 15 is 0 Å². The van der Waals surface area contributed by atoms with Crippen molar-refractivity contribution in [3.05, 3.63) is 35.4 Å². The van der Waals surface area contributed by atoms with Crippen molar-refractivity contribution in [3.8, 4) is 0 Å². The van der Waals surface area contributed by atoms with Gasteiger partial charge in [-0.3, -0.25) is 4.79 Å². The van der Waals surface area contributed by atoms with Crippen LogP contribution < -0.4 is 11.1 Å². The molecule has 1 aromatic carbocycles. The Hall–Kier alpha value is -1.48. The molecule has 0 heterocycles. The van der Waals surface area contributed by atoms with Gasteiger partial charge in [-0.2, -0.15) is 0 Å². The number of nitrogen functional groups attached to an aromatic ring is 1. The Kier molecular flexibility index (Phi) is 2.78. The highest BCUT2D eigenvalue weighted by molar-refractivity contribution is 6.34. The number of benzene rings is 1. The lowest BCUT2D eigenvalue weighted by molar-refractivity contribution is -0.120. The highest BCUT2D eigenvalue weighted by Gasteiger charge is 2.39. The number of allylic oxidation sites excluding steroid dienone is 2. The number of nitrogens with one attached hydrogen (secondary N) is 1. The summed E-state index contributed by atoms with van der Waals surface area (Å²) < 4.78 is 0. The van der Waals surface area contributed by atoms with Crippen molar-refractivity contribution in [2.45, 2.75) is 12.8 Å². The van der Waals surface area contributed by atoms with Crippen molar-refractivity contribution in [2.75, 3.05) is 11.1 Å². The Balaban J connectivity index is 1.73. The minimum atomic E-state index is 0.0681. The summed E-state index contributed by atoms with van der Waals surface area (Å²) in [5.41, 5.74) is 6.86. The fraction of sp³-hybridized carbons (Fsp3) is 0.357. The van der Waals surface area contributed by atoms with Crippen LogP contribution in [0.5, 0.6) is 0 Å². The third-order valence-corrected chi connectivity index (χ3v) is 4.18. The van der Waals surface area contributed by atoms with Gasteiger partial charge in [-0.25, -0.2) is 0 Å². The van der Waals surface area contributed by atoms with Gasteiger partial charge in [-0.05, 0) is 42.9 Å². The van der Waals surface area contributed by atoms with Crippen LogP contribution in [0.3, 0.4) is 0 Å². The van der Waals surface area contributed by atoms with Gasteiger partial charge < -0.3 is 11.1 Å². The van der Waals surface area contributed by atoms with Gasteiger partial charge in [0, 0.05) is 11.6 Å². The minimum absolute atomic E-state index is 0.0681. The van der Waals surface area contributed by atoms with Crippen LogP contribution in [-0.4, -0.2) is 5.91 Å². The van der Waals surface area contributed by atoms with E-state index < -0.39 is 0 Å². The molecule has 2 bridgehead atoms. The molecule has 0 radical (unpaired) electrons. The van der Waals surface area contributed by atoms with Gasteiger partial charge in [0.25, 0.3) is 0 Å². The van der Waals surface area contributed by atoms with Crippen molar-refractivity contribution in [2.24, 2.45) is 17.8 Å². The number of hydrogen-bond acceptors (Lipinski definition) is 2. The summed E-state index contributed by atoms with van der Waals surface area (Å²) in [4.78, 5) is 12.2. The van der Waals surface area contributed by atoms with E-state index in [9.17, 15) is 4.79 Å². The van der Waals surface area contributed by atoms with E-state index in [2.05, 4.69) is 17.5 Å². The fourth-order valence-electron chi connectivity index (χ4n) is 2.94. The van der Waals surface area contributed by atoms with Crippen molar-refractivity contribution in [3.63, 3.8) is 0 Å². The SMILES string of the molecule is Nc1ccc(NC(=O)C2CC3C=CC2C3)c(Cl)c1. The molecule has 3 N–H and O–H groups in total. The van der Waals surface area contributed by atoms with E-state index in [-0.39, 0.29) is 11.8 Å². The molecule has 4 heteroatoms. The number of halogens is 1. The number of fused-ring (bicyclic) bond motifs is 2. The maximum atomic E-state index is 12.2. The molecule has 3 rings (SSSR count). The van der Waals surface area contributed by atoms with E-state index in [1.165, 1.54) is 0 Å². The lowest BCUT2D eigenvalue weighted by atomic mass is 9.93. The molecule has 18 heavy (non-hydrogen) atoms. The fourth-order valence-corrected chi connectivity index (χ4v) is 3.18. The van der Waals surface area contributed by atoms with Gasteiger partial charge in [0.05, 0.1) is 10.7 Å². The van der Waals surface area contributed by atoms with Gasteiger partial charge in [-0.1, -0.05) is 23.8 Å². The largest absolute Gasteiger partial charge is 0.399 e. The lowest BCUT2D eigenvalue weighted by Crippen LogP contribution is -2.26. The molecule has 94 valence electrons. The maximum Gasteiger partial charge on any atom is 0.228 e. The van der Waals surface area contributed by atoms with E-state index in [4.69, 9.17) is 17.3 Å². The first kappa shape index (κ1) is 11.6. The molecule has 0 spiro atoms. The summed E-state index contributed by atoms with van der Waals surface area (Å²) in [5.74, 6) is 1.15. The Morgan fingerprint density at radius 2 is 2.17 bits per heavy atom. The molecule has 3 unspecified atom stereocenters. The van der Waals surface area contributed by atoms with Crippen molar-refractivity contribution in [1.82, 2.24) is 0 Å². The van der Waals surface area contributed by atoms with Gasteiger partial charge in [0.2, 0.25) is 5.91 Å². The Morgan fingerprint density at radius 3 is 2.78 bits per heavy atom. The van der Waals surface area contributed by atoms with E-state index in [0.29, 0.717) is 28.2 Å². The molecule has 1 amide bonds. The second-order valence-corrected chi connectivity index (χ2v) is 5.52. The zero-order chi connectivity index (χ0) is 12.7. The Morgan fingerprint density at radius 1 is 1.33 bits per heavy atom. The standard InChI is InChI=1S/C14H15ClN2O/c15-12-7-10(16)3-4-13(12)17-14(18)11-6-8-1-2-9(11)5-8/h1-4,7-9,11H,5-6,16H2,(H,17,18). The van der Waals surface area contributed by atoms with Gasteiger partial charge >= 0.3 is 0 Å². The quantitative estimate of drug-likeness (QED) is 0.636. The number of rotatable bonds is 2. The van der Waals surface area contributed by atoms with Gasteiger partial charge in [0.15, 0.2) is 0 Å². The van der Waals surface area contributed by atoms with E-state index in [0.717, 1.165) is 12.8 Å². The molecule has 0 aliphatic heterocycles. The summed E-state index contributed by atoms with van der Waals surface area (Å²) in [6.45, 7) is 0. The second-order valence-electron chi connectivity index (χ2n) is 5.12. The van der Waals surface area contributed by atoms with Crippen LogP contribution in [0, 0.1) is 17.8 Å². The summed E-state index contributed by atoms with van der Waals surface area (Å²) >= 11 is 6.05. The Bertz CT molecular complexity index is 527. The van der Waals surface area contributed by atoms with Crippen LogP contribution in [0.1, 0.15) is 12.8 Å². The molecule has 2 aliphatic carbocycles. The first-order chi connectivity index (χ1) is 8.63. The molecule has 1 saturated carbocycles. The lowest BCUT2D eigenvalue weighted by Gasteiger charge is -2.18. The number of amides is 1. The van der Waals surface area contributed by atoms with Crippen LogP contribution in [0.25, 0.3) is 0 Å². The molecule has 3 nitrogen and oxygen atoms in total. The van der Waals surface area contributed by atoms with E-state index in [1.807, 2.05) is 0 Å². The van der Waals surface area contributed by atoms with Gasteiger partial charge in [0.1, 0.15) is 0 Å². The molecule has 0 saturated heterocycles. The predicted molar refractivity (Wildman–Crippen MR) is 73.3 cm³/mol. The summed E-state index contributed by atoms with van der Waals surface area (Å²) in [6.07, 6.45) is 6.47. The first-order valence-corrected chi connectivity index (χ1v) is 6.55. The molecular formula is C14H15ClN2O. The Labute approximate surface area is 111 Å². The van der Waals surface area contributed by atoms with Crippen LogP contribution >= 0.6 is 11.6 Å². The first-order valence-electron chi connectivity index (χ1n) is 6.17. The van der Waals surface area contributed by atoms with Crippen molar-refractivity contribution < 1.29 is 4.79 Å². The van der Waals surface area contributed by atoms with Crippen LogP contribution in [0.15, 0.2) is 30.4 Å². The number of hydrogen-bond donors (Lipinski definition) is 2. The average molecular weight is 263 g/mol. The molecule has 2 aliphatic rings. The maximum absolute atomic E-state index is 12.2. The summed E-state index contributed by atoms with van der Waals surface area (Å²) in [5, 5.41) is 3.39. The molecule has 1 fully saturated rings. The highest BCUT2D eigenvalue weighted by Crippen LogP contribution is 2.44. The monoisotopic (exact) mass is 262 g/mol. The van der Waals surface area contributed by atoms with Crippen LogP contribution in [0.2, 0.25) is 5.02 Å². The summed E-state index contributed by atoms with van der Waals surface area (Å²) in [7, 11) is 0. The third kappa shape index (κ3) is 1.99. The highest BCUT2D eigenvalue weighted by atomic mass is 35.5. The van der Waals surface area contributed by atoms with Crippen molar-refractivity contribution in [1.29, 1.82) is 0 Å². The van der Waals surface area contributed by atoms with E-state index in [1.54, 1.807) is 18.2 Å². The zero-order valence-electron chi connectivity index (χ0n) is 9.90. The average Bonchev–Trinajstić information content (AvgIpc) is 2.94. The molecular weight excluding hydrogens is 248 g/mol. The number of carbonyl (C=O) groups excluding carboxylic acids is 1. The zero-order valence-corrected chi connectivity index (χ0v) is 10.7. The predicted octanol–water partition coefficient (Wildman–Crippen LogP) is 3.07. The normalized spacial score (nSPS) is 28.6.